The number of nitrogens with two attached hydrogens (primary N) is 1. The van der Waals surface area contributed by atoms with E-state index in [2.05, 4.69) is 15.4 Å². The van der Waals surface area contributed by atoms with E-state index in [-0.39, 0.29) is 34.9 Å². The highest BCUT2D eigenvalue weighted by Crippen LogP contribution is 2.54. The Kier molecular flexibility index (Phi) is 5.59. The van der Waals surface area contributed by atoms with Gasteiger partial charge in [0.2, 0.25) is 0 Å². The van der Waals surface area contributed by atoms with Gasteiger partial charge in [-0.05, 0) is 60.9 Å². The van der Waals surface area contributed by atoms with Crippen LogP contribution in [0.5, 0.6) is 0 Å². The second kappa shape index (κ2) is 8.58. The number of amides is 2. The Morgan fingerprint density at radius 2 is 2.12 bits per heavy atom. The minimum absolute atomic E-state index is 0.0312. The summed E-state index contributed by atoms with van der Waals surface area (Å²) >= 11 is 0. The van der Waals surface area contributed by atoms with E-state index in [0.717, 1.165) is 42.5 Å². The second-order valence-corrected chi connectivity index (χ2v) is 9.19. The third-order valence-electron chi connectivity index (χ3n) is 7.16. The molecule has 1 atom stereocenters. The molecule has 1 saturated carbocycles. The summed E-state index contributed by atoms with van der Waals surface area (Å²) in [6, 6.07) is 10.0. The first-order chi connectivity index (χ1) is 16.3. The topological polar surface area (TPSA) is 124 Å². The maximum absolute atomic E-state index is 13.5. The number of piperidine rings is 1. The number of nitrogens with zero attached hydrogens (tertiary/aromatic N) is 3. The smallest absolute Gasteiger partial charge is 0.404 e. The summed E-state index contributed by atoms with van der Waals surface area (Å²) in [5.41, 5.74) is 6.16. The van der Waals surface area contributed by atoms with Crippen molar-refractivity contribution >= 4 is 28.7 Å². The van der Waals surface area contributed by atoms with Gasteiger partial charge in [0.15, 0.2) is 5.69 Å². The summed E-state index contributed by atoms with van der Waals surface area (Å²) in [4.78, 5) is 30.1. The van der Waals surface area contributed by atoms with E-state index >= 15 is 0 Å². The number of pyridine rings is 1. The molecule has 34 heavy (non-hydrogen) atoms. The Bertz CT molecular complexity index is 1240. The number of carbonyl (C=O) groups excluding carboxylic acids is 2. The van der Waals surface area contributed by atoms with Gasteiger partial charge < -0.3 is 25.2 Å². The number of hydrogen-bond acceptors (Lipinski definition) is 7. The highest BCUT2D eigenvalue weighted by molar-refractivity contribution is 5.91. The highest BCUT2D eigenvalue weighted by atomic mass is 19.1. The Labute approximate surface area is 195 Å². The molecular weight excluding hydrogens is 441 g/mol. The van der Waals surface area contributed by atoms with Gasteiger partial charge in [0.1, 0.15) is 23.5 Å². The molecule has 178 valence electrons. The summed E-state index contributed by atoms with van der Waals surface area (Å²) in [6.45, 7) is 1.50. The van der Waals surface area contributed by atoms with Crippen LogP contribution >= 0.6 is 0 Å². The zero-order valence-corrected chi connectivity index (χ0v) is 18.8. The van der Waals surface area contributed by atoms with Crippen molar-refractivity contribution in [3.8, 4) is 0 Å². The van der Waals surface area contributed by atoms with Crippen LogP contribution in [0.15, 0.2) is 40.9 Å². The number of hydrogen-bond donors (Lipinski definition) is 2. The lowest BCUT2D eigenvalue weighted by Crippen LogP contribution is -2.57. The van der Waals surface area contributed by atoms with Gasteiger partial charge >= 0.3 is 6.09 Å². The summed E-state index contributed by atoms with van der Waals surface area (Å²) in [5, 5.41) is 7.19. The molecule has 1 unspecified atom stereocenters. The summed E-state index contributed by atoms with van der Waals surface area (Å²) in [6.07, 6.45) is 2.00. The van der Waals surface area contributed by atoms with Gasteiger partial charge in [-0.1, -0.05) is 5.16 Å². The van der Waals surface area contributed by atoms with E-state index in [1.807, 2.05) is 12.1 Å². The fourth-order valence-electron chi connectivity index (χ4n) is 5.38. The first-order valence-corrected chi connectivity index (χ1v) is 11.3. The number of anilines is 1. The molecule has 1 aliphatic heterocycles. The van der Waals surface area contributed by atoms with E-state index in [0.29, 0.717) is 18.7 Å². The van der Waals surface area contributed by atoms with E-state index in [4.69, 9.17) is 20.0 Å². The van der Waals surface area contributed by atoms with Crippen molar-refractivity contribution in [2.24, 2.45) is 17.1 Å². The molecular formula is C24H26FN5O4. The van der Waals surface area contributed by atoms with Crippen molar-refractivity contribution in [2.75, 3.05) is 25.0 Å². The number of rotatable bonds is 5. The van der Waals surface area contributed by atoms with Gasteiger partial charge in [0.25, 0.3) is 5.91 Å². The van der Waals surface area contributed by atoms with Crippen LogP contribution in [0.4, 0.5) is 15.0 Å². The van der Waals surface area contributed by atoms with Crippen molar-refractivity contribution < 1.29 is 23.2 Å². The molecule has 0 bridgehead atoms. The number of benzene rings is 1. The van der Waals surface area contributed by atoms with Gasteiger partial charge in [-0.25, -0.2) is 14.2 Å². The average molecular weight is 468 g/mol. The minimum Gasteiger partial charge on any atom is -0.446 e. The molecule has 5 rings (SSSR count). The predicted molar refractivity (Wildman–Crippen MR) is 122 cm³/mol. The van der Waals surface area contributed by atoms with Crippen molar-refractivity contribution in [1.29, 1.82) is 0 Å². The Hall–Kier alpha value is -3.69. The molecule has 10 heteroatoms. The van der Waals surface area contributed by atoms with E-state index in [9.17, 15) is 14.0 Å². The second-order valence-electron chi connectivity index (χ2n) is 9.19. The van der Waals surface area contributed by atoms with Crippen molar-refractivity contribution in [2.45, 2.75) is 31.8 Å². The number of nitrogens with one attached hydrogen (secondary N) is 1. The molecule has 0 radical (unpaired) electrons. The largest absolute Gasteiger partial charge is 0.446 e. The van der Waals surface area contributed by atoms with Crippen molar-refractivity contribution in [3.05, 3.63) is 53.7 Å². The monoisotopic (exact) mass is 467 g/mol. The van der Waals surface area contributed by atoms with Crippen molar-refractivity contribution in [3.63, 3.8) is 0 Å². The number of ether oxygens (including phenoxy) is 1. The predicted octanol–water partition coefficient (Wildman–Crippen LogP) is 3.03. The lowest BCUT2D eigenvalue weighted by Gasteiger charge is -2.56. The molecule has 1 saturated heterocycles. The van der Waals surface area contributed by atoms with E-state index in [1.165, 1.54) is 12.1 Å². The van der Waals surface area contributed by atoms with Crippen LogP contribution in [-0.4, -0.2) is 48.4 Å². The fraction of sp³-hybridized carbons (Fsp3) is 0.417. The lowest BCUT2D eigenvalue weighted by atomic mass is 9.55. The minimum atomic E-state index is -0.754. The first kappa shape index (κ1) is 22.1. The summed E-state index contributed by atoms with van der Waals surface area (Å²) in [5.74, 6) is 1.02. The summed E-state index contributed by atoms with van der Waals surface area (Å²) < 4.78 is 24.2. The molecule has 9 nitrogen and oxygen atoms in total. The van der Waals surface area contributed by atoms with Crippen molar-refractivity contribution in [1.82, 2.24) is 15.5 Å². The number of fused-ring (bicyclic) bond motifs is 1. The molecule has 2 fully saturated rings. The zero-order valence-electron chi connectivity index (χ0n) is 18.8. The van der Waals surface area contributed by atoms with Crippen LogP contribution in [0.3, 0.4) is 0 Å². The molecule has 2 aliphatic rings. The molecule has 1 spiro atoms. The Balaban J connectivity index is 1.38. The van der Waals surface area contributed by atoms with Crippen LogP contribution in [0, 0.1) is 17.2 Å². The molecule has 1 aromatic carbocycles. The average Bonchev–Trinajstić information content (AvgIpc) is 3.26. The molecule has 3 aromatic rings. The number of halogens is 1. The van der Waals surface area contributed by atoms with Crippen LogP contribution < -0.4 is 16.0 Å². The van der Waals surface area contributed by atoms with Gasteiger partial charge in [-0.15, -0.1) is 0 Å². The SMILES string of the molecule is CNC(=O)c1cc(CC2CN(c3ccc4cc(F)ccc4n3)CCC23CC(OC(N)=O)C3)on1. The van der Waals surface area contributed by atoms with Crippen LogP contribution in [0.25, 0.3) is 10.9 Å². The third kappa shape index (κ3) is 4.15. The maximum Gasteiger partial charge on any atom is 0.404 e. The molecule has 2 amide bonds. The Morgan fingerprint density at radius 3 is 2.88 bits per heavy atom. The zero-order chi connectivity index (χ0) is 23.9. The molecule has 2 aromatic heterocycles. The van der Waals surface area contributed by atoms with Gasteiger partial charge in [-0.2, -0.15) is 0 Å². The van der Waals surface area contributed by atoms with Gasteiger partial charge in [0, 0.05) is 38.0 Å². The number of primary amides is 1. The van der Waals surface area contributed by atoms with Crippen LogP contribution in [0.2, 0.25) is 0 Å². The normalized spacial score (nSPS) is 24.1. The van der Waals surface area contributed by atoms with Gasteiger partial charge in [0.05, 0.1) is 5.52 Å². The third-order valence-corrected chi connectivity index (χ3v) is 7.16. The van der Waals surface area contributed by atoms with E-state index in [1.54, 1.807) is 19.2 Å². The number of aromatic nitrogens is 2. The first-order valence-electron chi connectivity index (χ1n) is 11.3. The maximum atomic E-state index is 13.5. The quantitative estimate of drug-likeness (QED) is 0.591. The summed E-state index contributed by atoms with van der Waals surface area (Å²) in [7, 11) is 1.54. The number of carbonyl (C=O) groups is 2. The highest BCUT2D eigenvalue weighted by Gasteiger charge is 2.53. The Morgan fingerprint density at radius 1 is 1.29 bits per heavy atom. The van der Waals surface area contributed by atoms with Gasteiger partial charge in [-0.3, -0.25) is 4.79 Å². The lowest BCUT2D eigenvalue weighted by molar-refractivity contribution is -0.0849. The van der Waals surface area contributed by atoms with Crippen LogP contribution in [-0.2, 0) is 11.2 Å². The van der Waals surface area contributed by atoms with Crippen LogP contribution in [0.1, 0.15) is 35.5 Å². The molecule has 3 N–H and O–H groups in total. The standard InChI is InChI=1S/C24H26FN5O4/c1-27-22(31)20-10-17(34-29-20)9-15-13-30(7-6-24(15)11-18(12-24)33-23(26)32)21-5-2-14-8-16(25)3-4-19(14)28-21/h2-5,8,10,15,18H,6-7,9,11-13H2,1H3,(H2,26,32)(H,27,31). The molecule has 1 aliphatic carbocycles. The fourth-order valence-corrected chi connectivity index (χ4v) is 5.38. The van der Waals surface area contributed by atoms with E-state index < -0.39 is 6.09 Å². The molecule has 3 heterocycles.